The molecule has 0 aromatic carbocycles. The van der Waals surface area contributed by atoms with E-state index in [4.69, 9.17) is 10.5 Å². The zero-order chi connectivity index (χ0) is 13.5. The fourth-order valence-corrected chi connectivity index (χ4v) is 2.57. The van der Waals surface area contributed by atoms with Crippen LogP contribution in [-0.2, 0) is 4.74 Å². The summed E-state index contributed by atoms with van der Waals surface area (Å²) in [5.41, 5.74) is 7.04. The van der Waals surface area contributed by atoms with Gasteiger partial charge in [-0.15, -0.1) is 0 Å². The Labute approximate surface area is 111 Å². The lowest BCUT2D eigenvalue weighted by molar-refractivity contribution is -0.0789. The monoisotopic (exact) mass is 262 g/mol. The molecule has 2 aromatic heterocycles. The first-order valence-electron chi connectivity index (χ1n) is 6.36. The Hall–Kier alpha value is -1.73. The molecule has 0 bridgehead atoms. The maximum Gasteiger partial charge on any atom is 0.182 e. The number of morpholine rings is 1. The summed E-state index contributed by atoms with van der Waals surface area (Å²) in [6.45, 7) is 6.11. The Morgan fingerprint density at radius 3 is 3.11 bits per heavy atom. The van der Waals surface area contributed by atoms with Crippen molar-refractivity contribution < 1.29 is 4.74 Å². The molecule has 1 fully saturated rings. The molecule has 1 aliphatic heterocycles. The van der Waals surface area contributed by atoms with Crippen molar-refractivity contribution in [3.63, 3.8) is 0 Å². The number of aromatic amines is 1. The fourth-order valence-electron chi connectivity index (χ4n) is 2.57. The van der Waals surface area contributed by atoms with Crippen LogP contribution < -0.4 is 10.6 Å². The van der Waals surface area contributed by atoms with Crippen molar-refractivity contribution in [2.45, 2.75) is 25.6 Å². The van der Waals surface area contributed by atoms with Crippen molar-refractivity contribution >= 4 is 17.0 Å². The maximum absolute atomic E-state index is 5.93. The van der Waals surface area contributed by atoms with E-state index in [-0.39, 0.29) is 11.7 Å². The highest BCUT2D eigenvalue weighted by atomic mass is 16.5. The number of nitrogens with two attached hydrogens (primary N) is 1. The normalized spacial score (nSPS) is 22.9. The smallest absolute Gasteiger partial charge is 0.182 e. The van der Waals surface area contributed by atoms with Crippen LogP contribution in [0.5, 0.6) is 0 Å². The maximum atomic E-state index is 5.93. The molecule has 0 spiro atoms. The van der Waals surface area contributed by atoms with Gasteiger partial charge in [-0.25, -0.2) is 15.0 Å². The van der Waals surface area contributed by atoms with E-state index >= 15 is 0 Å². The highest BCUT2D eigenvalue weighted by molar-refractivity contribution is 5.82. The molecule has 0 radical (unpaired) electrons. The summed E-state index contributed by atoms with van der Waals surface area (Å²) in [6, 6.07) is 0. The second-order valence-electron chi connectivity index (χ2n) is 5.41. The molecule has 3 rings (SSSR count). The van der Waals surface area contributed by atoms with Crippen LogP contribution in [0.4, 0.5) is 5.82 Å². The van der Waals surface area contributed by atoms with Crippen LogP contribution in [-0.4, -0.2) is 51.3 Å². The van der Waals surface area contributed by atoms with Gasteiger partial charge in [-0.1, -0.05) is 0 Å². The third-order valence-electron chi connectivity index (χ3n) is 3.25. The topological polar surface area (TPSA) is 93.0 Å². The number of aromatic nitrogens is 4. The van der Waals surface area contributed by atoms with E-state index in [1.54, 1.807) is 12.7 Å². The molecule has 1 saturated heterocycles. The second kappa shape index (κ2) is 4.43. The van der Waals surface area contributed by atoms with Crippen molar-refractivity contribution in [1.29, 1.82) is 0 Å². The minimum atomic E-state index is -0.250. The minimum Gasteiger partial charge on any atom is -0.367 e. The Morgan fingerprint density at radius 2 is 2.32 bits per heavy atom. The van der Waals surface area contributed by atoms with Gasteiger partial charge in [0.05, 0.1) is 18.0 Å². The number of fused-ring (bicyclic) bond motifs is 1. The largest absolute Gasteiger partial charge is 0.367 e. The van der Waals surface area contributed by atoms with Crippen molar-refractivity contribution in [3.8, 4) is 0 Å². The van der Waals surface area contributed by atoms with Crippen LogP contribution in [0.15, 0.2) is 12.7 Å². The number of hydrogen-bond acceptors (Lipinski definition) is 6. The van der Waals surface area contributed by atoms with E-state index in [0.29, 0.717) is 12.2 Å². The predicted octanol–water partition coefficient (Wildman–Crippen LogP) is 0.295. The van der Waals surface area contributed by atoms with Crippen molar-refractivity contribution in [1.82, 2.24) is 19.9 Å². The van der Waals surface area contributed by atoms with Gasteiger partial charge in [-0.2, -0.15) is 0 Å². The van der Waals surface area contributed by atoms with E-state index in [9.17, 15) is 0 Å². The summed E-state index contributed by atoms with van der Waals surface area (Å²) in [7, 11) is 0. The number of nitrogens with one attached hydrogen (secondary N) is 1. The average Bonchev–Trinajstić information content (AvgIpc) is 2.84. The number of anilines is 1. The van der Waals surface area contributed by atoms with E-state index in [1.807, 2.05) is 0 Å². The van der Waals surface area contributed by atoms with Crippen LogP contribution >= 0.6 is 0 Å². The van der Waals surface area contributed by atoms with E-state index in [0.717, 1.165) is 24.4 Å². The molecule has 3 heterocycles. The third-order valence-corrected chi connectivity index (χ3v) is 3.25. The first kappa shape index (κ1) is 12.3. The Morgan fingerprint density at radius 1 is 1.47 bits per heavy atom. The van der Waals surface area contributed by atoms with Crippen LogP contribution in [0, 0.1) is 0 Å². The van der Waals surface area contributed by atoms with Crippen LogP contribution in [0.25, 0.3) is 11.2 Å². The summed E-state index contributed by atoms with van der Waals surface area (Å²) in [5, 5.41) is 0. The van der Waals surface area contributed by atoms with Gasteiger partial charge in [0, 0.05) is 19.6 Å². The lowest BCUT2D eigenvalue weighted by Gasteiger charge is -2.43. The summed E-state index contributed by atoms with van der Waals surface area (Å²) in [5.74, 6) is 0.859. The fraction of sp³-hybridized carbons (Fsp3) is 0.583. The van der Waals surface area contributed by atoms with Crippen molar-refractivity contribution in [2.24, 2.45) is 5.73 Å². The summed E-state index contributed by atoms with van der Waals surface area (Å²) < 4.78 is 5.93. The lowest BCUT2D eigenvalue weighted by atomic mass is 10.1. The first-order chi connectivity index (χ1) is 9.09. The van der Waals surface area contributed by atoms with Gasteiger partial charge < -0.3 is 20.4 Å². The van der Waals surface area contributed by atoms with Gasteiger partial charge in [0.25, 0.3) is 0 Å². The van der Waals surface area contributed by atoms with Gasteiger partial charge >= 0.3 is 0 Å². The zero-order valence-electron chi connectivity index (χ0n) is 11.1. The van der Waals surface area contributed by atoms with Gasteiger partial charge in [-0.3, -0.25) is 0 Å². The number of H-pyrrole nitrogens is 1. The molecule has 3 N–H and O–H groups in total. The molecule has 2 aromatic rings. The highest BCUT2D eigenvalue weighted by Gasteiger charge is 2.34. The molecule has 0 amide bonds. The predicted molar refractivity (Wildman–Crippen MR) is 71.9 cm³/mol. The van der Waals surface area contributed by atoms with Crippen LogP contribution in [0.3, 0.4) is 0 Å². The van der Waals surface area contributed by atoms with E-state index in [1.165, 1.54) is 0 Å². The second-order valence-corrected chi connectivity index (χ2v) is 5.41. The Kier molecular flexibility index (Phi) is 2.87. The number of hydrogen-bond donors (Lipinski definition) is 2. The molecule has 0 aliphatic carbocycles. The summed E-state index contributed by atoms with van der Waals surface area (Å²) in [6.07, 6.45) is 3.18. The van der Waals surface area contributed by atoms with E-state index in [2.05, 4.69) is 38.7 Å². The summed E-state index contributed by atoms with van der Waals surface area (Å²) in [4.78, 5) is 18.0. The molecular weight excluding hydrogens is 244 g/mol. The van der Waals surface area contributed by atoms with Crippen LogP contribution in [0.1, 0.15) is 13.8 Å². The van der Waals surface area contributed by atoms with Crippen molar-refractivity contribution in [2.75, 3.05) is 24.5 Å². The number of nitrogens with zero attached hydrogens (tertiary/aromatic N) is 4. The molecule has 7 nitrogen and oxygen atoms in total. The third kappa shape index (κ3) is 2.26. The minimum absolute atomic E-state index is 0.0108. The molecule has 19 heavy (non-hydrogen) atoms. The summed E-state index contributed by atoms with van der Waals surface area (Å²) >= 11 is 0. The molecule has 1 aliphatic rings. The van der Waals surface area contributed by atoms with Gasteiger partial charge in [-0.05, 0) is 13.8 Å². The van der Waals surface area contributed by atoms with Crippen LogP contribution in [0.2, 0.25) is 0 Å². The average molecular weight is 262 g/mol. The van der Waals surface area contributed by atoms with Gasteiger partial charge in [0.15, 0.2) is 11.5 Å². The van der Waals surface area contributed by atoms with E-state index < -0.39 is 0 Å². The molecule has 7 heteroatoms. The standard InChI is InChI=1S/C12H18N6O/c1-12(2)5-18(4-8(3-13)19-12)11-9-10(15-6-14-9)16-7-17-11/h6-8H,3-5,13H2,1-2H3,(H,14,15,16,17). The van der Waals surface area contributed by atoms with Gasteiger partial charge in [0.2, 0.25) is 0 Å². The molecule has 1 unspecified atom stereocenters. The molecular formula is C12H18N6O. The molecule has 1 atom stereocenters. The Bertz CT molecular complexity index is 580. The number of rotatable bonds is 2. The number of imidazole rings is 1. The first-order valence-corrected chi connectivity index (χ1v) is 6.36. The lowest BCUT2D eigenvalue weighted by Crippen LogP contribution is -2.55. The molecule has 102 valence electrons. The highest BCUT2D eigenvalue weighted by Crippen LogP contribution is 2.27. The van der Waals surface area contributed by atoms with Gasteiger partial charge in [0.1, 0.15) is 11.8 Å². The molecule has 0 saturated carbocycles. The quantitative estimate of drug-likeness (QED) is 0.808. The van der Waals surface area contributed by atoms with Crippen molar-refractivity contribution in [3.05, 3.63) is 12.7 Å². The zero-order valence-corrected chi connectivity index (χ0v) is 11.1. The Balaban J connectivity index is 1.98. The SMILES string of the molecule is CC1(C)CN(c2ncnc3nc[nH]c23)CC(CN)O1. The number of ether oxygens (including phenoxy) is 1.